The normalized spacial score (nSPS) is 37.7. The molecule has 1 heterocycles. The SMILES string of the molecule is CCN1CCC(C)C1N. The van der Waals surface area contributed by atoms with E-state index in [0.717, 1.165) is 6.54 Å². The Bertz CT molecular complexity index is 92.9. The molecule has 2 unspecified atom stereocenters. The maximum absolute atomic E-state index is 5.86. The van der Waals surface area contributed by atoms with Gasteiger partial charge >= 0.3 is 0 Å². The Morgan fingerprint density at radius 1 is 1.67 bits per heavy atom. The Labute approximate surface area is 57.0 Å². The van der Waals surface area contributed by atoms with Gasteiger partial charge in [0.2, 0.25) is 0 Å². The summed E-state index contributed by atoms with van der Waals surface area (Å²) in [7, 11) is 0. The zero-order chi connectivity index (χ0) is 6.85. The Morgan fingerprint density at radius 3 is 2.56 bits per heavy atom. The number of nitrogens with two attached hydrogens (primary N) is 1. The van der Waals surface area contributed by atoms with E-state index in [4.69, 9.17) is 5.73 Å². The van der Waals surface area contributed by atoms with Crippen LogP contribution in [0.1, 0.15) is 20.3 Å². The van der Waals surface area contributed by atoms with E-state index >= 15 is 0 Å². The van der Waals surface area contributed by atoms with Crippen molar-refractivity contribution in [2.24, 2.45) is 11.7 Å². The van der Waals surface area contributed by atoms with E-state index in [1.807, 2.05) is 0 Å². The third-order valence-electron chi connectivity index (χ3n) is 2.28. The van der Waals surface area contributed by atoms with Crippen LogP contribution in [0.3, 0.4) is 0 Å². The first-order valence-electron chi connectivity index (χ1n) is 3.75. The Kier molecular flexibility index (Phi) is 2.09. The highest BCUT2D eigenvalue weighted by Gasteiger charge is 2.25. The fourth-order valence-corrected chi connectivity index (χ4v) is 1.42. The molecule has 54 valence electrons. The highest BCUT2D eigenvalue weighted by molar-refractivity contribution is 4.78. The minimum absolute atomic E-state index is 0.329. The van der Waals surface area contributed by atoms with Crippen molar-refractivity contribution >= 4 is 0 Å². The van der Waals surface area contributed by atoms with Gasteiger partial charge < -0.3 is 5.73 Å². The van der Waals surface area contributed by atoms with Crippen LogP contribution in [0.2, 0.25) is 0 Å². The molecule has 0 aliphatic carbocycles. The minimum Gasteiger partial charge on any atom is -0.316 e. The van der Waals surface area contributed by atoms with Gasteiger partial charge in [-0.1, -0.05) is 13.8 Å². The monoisotopic (exact) mass is 128 g/mol. The van der Waals surface area contributed by atoms with E-state index in [1.165, 1.54) is 13.0 Å². The Hall–Kier alpha value is -0.0800. The zero-order valence-electron chi connectivity index (χ0n) is 6.30. The number of rotatable bonds is 1. The average Bonchev–Trinajstić information content (AvgIpc) is 2.15. The van der Waals surface area contributed by atoms with Gasteiger partial charge in [0.05, 0.1) is 6.17 Å². The first kappa shape index (κ1) is 7.03. The topological polar surface area (TPSA) is 29.3 Å². The van der Waals surface area contributed by atoms with E-state index in [2.05, 4.69) is 18.7 Å². The highest BCUT2D eigenvalue weighted by Crippen LogP contribution is 2.18. The highest BCUT2D eigenvalue weighted by atomic mass is 15.2. The maximum atomic E-state index is 5.86. The van der Waals surface area contributed by atoms with Crippen LogP contribution in [-0.2, 0) is 0 Å². The molecule has 0 saturated carbocycles. The summed E-state index contributed by atoms with van der Waals surface area (Å²) in [4.78, 5) is 2.32. The van der Waals surface area contributed by atoms with Crippen LogP contribution in [0.25, 0.3) is 0 Å². The van der Waals surface area contributed by atoms with Gasteiger partial charge in [-0.25, -0.2) is 0 Å². The molecular formula is C7H16N2. The van der Waals surface area contributed by atoms with Gasteiger partial charge in [-0.15, -0.1) is 0 Å². The van der Waals surface area contributed by atoms with E-state index in [9.17, 15) is 0 Å². The summed E-state index contributed by atoms with van der Waals surface area (Å²) in [5.74, 6) is 0.699. The smallest absolute Gasteiger partial charge is 0.0598 e. The van der Waals surface area contributed by atoms with Crippen molar-refractivity contribution < 1.29 is 0 Å². The number of nitrogens with zero attached hydrogens (tertiary/aromatic N) is 1. The van der Waals surface area contributed by atoms with Gasteiger partial charge in [0.25, 0.3) is 0 Å². The Morgan fingerprint density at radius 2 is 2.33 bits per heavy atom. The average molecular weight is 128 g/mol. The van der Waals surface area contributed by atoms with E-state index < -0.39 is 0 Å². The van der Waals surface area contributed by atoms with Crippen LogP contribution in [0.4, 0.5) is 0 Å². The van der Waals surface area contributed by atoms with Crippen LogP contribution >= 0.6 is 0 Å². The molecule has 1 fully saturated rings. The second kappa shape index (κ2) is 2.67. The summed E-state index contributed by atoms with van der Waals surface area (Å²) in [6.45, 7) is 6.68. The lowest BCUT2D eigenvalue weighted by Gasteiger charge is -2.20. The van der Waals surface area contributed by atoms with Crippen LogP contribution in [0.5, 0.6) is 0 Å². The predicted molar refractivity (Wildman–Crippen MR) is 39.0 cm³/mol. The third kappa shape index (κ3) is 1.25. The summed E-state index contributed by atoms with van der Waals surface area (Å²) in [6, 6.07) is 0. The van der Waals surface area contributed by atoms with E-state index in [-0.39, 0.29) is 0 Å². The van der Waals surface area contributed by atoms with Gasteiger partial charge in [-0.3, -0.25) is 4.90 Å². The van der Waals surface area contributed by atoms with Crippen molar-refractivity contribution in [1.29, 1.82) is 0 Å². The molecule has 1 aliphatic rings. The van der Waals surface area contributed by atoms with Crippen molar-refractivity contribution in [2.45, 2.75) is 26.4 Å². The molecule has 0 aromatic heterocycles. The molecule has 0 aromatic carbocycles. The standard InChI is InChI=1S/C7H16N2/c1-3-9-5-4-6(2)7(9)8/h6-7H,3-5,8H2,1-2H3. The third-order valence-corrected chi connectivity index (χ3v) is 2.28. The van der Waals surface area contributed by atoms with Gasteiger partial charge in [-0.2, -0.15) is 0 Å². The molecule has 0 radical (unpaired) electrons. The molecule has 1 rings (SSSR count). The summed E-state index contributed by atoms with van der Waals surface area (Å²) in [6.07, 6.45) is 1.60. The number of hydrogen-bond acceptors (Lipinski definition) is 2. The van der Waals surface area contributed by atoms with Crippen LogP contribution in [-0.4, -0.2) is 24.2 Å². The maximum Gasteiger partial charge on any atom is 0.0598 e. The Balaban J connectivity index is 2.41. The molecule has 0 spiro atoms. The minimum atomic E-state index is 0.329. The van der Waals surface area contributed by atoms with Crippen molar-refractivity contribution in [1.82, 2.24) is 4.90 Å². The summed E-state index contributed by atoms with van der Waals surface area (Å²) in [5.41, 5.74) is 5.86. The van der Waals surface area contributed by atoms with Crippen molar-refractivity contribution in [3.05, 3.63) is 0 Å². The molecule has 2 N–H and O–H groups in total. The lowest BCUT2D eigenvalue weighted by molar-refractivity contribution is 0.248. The molecule has 0 amide bonds. The first-order chi connectivity index (χ1) is 4.25. The van der Waals surface area contributed by atoms with Gasteiger partial charge in [0.15, 0.2) is 0 Å². The number of hydrogen-bond donors (Lipinski definition) is 1. The second-order valence-electron chi connectivity index (χ2n) is 2.89. The van der Waals surface area contributed by atoms with Crippen molar-refractivity contribution in [3.63, 3.8) is 0 Å². The van der Waals surface area contributed by atoms with Crippen molar-refractivity contribution in [3.8, 4) is 0 Å². The molecule has 9 heavy (non-hydrogen) atoms. The molecule has 1 saturated heterocycles. The van der Waals surface area contributed by atoms with Gasteiger partial charge in [0, 0.05) is 0 Å². The van der Waals surface area contributed by atoms with E-state index in [1.54, 1.807) is 0 Å². The zero-order valence-corrected chi connectivity index (χ0v) is 6.30. The fraction of sp³-hybridized carbons (Fsp3) is 1.00. The van der Waals surface area contributed by atoms with Crippen LogP contribution < -0.4 is 5.73 Å². The van der Waals surface area contributed by atoms with E-state index in [0.29, 0.717) is 12.1 Å². The van der Waals surface area contributed by atoms with Gasteiger partial charge in [-0.05, 0) is 25.4 Å². The lowest BCUT2D eigenvalue weighted by Crippen LogP contribution is -2.39. The van der Waals surface area contributed by atoms with Crippen molar-refractivity contribution in [2.75, 3.05) is 13.1 Å². The number of likely N-dealkylation sites (tertiary alicyclic amines) is 1. The molecule has 2 nitrogen and oxygen atoms in total. The summed E-state index contributed by atoms with van der Waals surface area (Å²) < 4.78 is 0. The quantitative estimate of drug-likeness (QED) is 0.561. The molecule has 2 heteroatoms. The fourth-order valence-electron chi connectivity index (χ4n) is 1.42. The first-order valence-corrected chi connectivity index (χ1v) is 3.75. The molecule has 1 aliphatic heterocycles. The van der Waals surface area contributed by atoms with Crippen LogP contribution in [0.15, 0.2) is 0 Å². The molecule has 2 atom stereocenters. The molecule has 0 bridgehead atoms. The van der Waals surface area contributed by atoms with Crippen LogP contribution in [0, 0.1) is 5.92 Å². The lowest BCUT2D eigenvalue weighted by atomic mass is 10.1. The largest absolute Gasteiger partial charge is 0.316 e. The molecular weight excluding hydrogens is 112 g/mol. The summed E-state index contributed by atoms with van der Waals surface area (Å²) in [5, 5.41) is 0. The van der Waals surface area contributed by atoms with Gasteiger partial charge in [0.1, 0.15) is 0 Å². The second-order valence-corrected chi connectivity index (χ2v) is 2.89. The molecule has 0 aromatic rings. The summed E-state index contributed by atoms with van der Waals surface area (Å²) >= 11 is 0. The predicted octanol–water partition coefficient (Wildman–Crippen LogP) is 0.633.